The number of thiophene rings is 1. The number of pyridine rings is 1. The lowest BCUT2D eigenvalue weighted by atomic mass is 9.83. The summed E-state index contributed by atoms with van der Waals surface area (Å²) < 4.78 is 3.53. The van der Waals surface area contributed by atoms with Crippen LogP contribution in [0.5, 0.6) is 0 Å². The highest BCUT2D eigenvalue weighted by molar-refractivity contribution is 7.21. The van der Waals surface area contributed by atoms with E-state index >= 15 is 0 Å². The van der Waals surface area contributed by atoms with Crippen molar-refractivity contribution < 1.29 is 9.90 Å². The van der Waals surface area contributed by atoms with Crippen LogP contribution in [0.2, 0.25) is 0 Å². The van der Waals surface area contributed by atoms with E-state index in [-0.39, 0.29) is 0 Å². The molecule has 1 aliphatic carbocycles. The number of rotatable bonds is 7. The number of aryl methyl sites for hydroxylation is 1. The van der Waals surface area contributed by atoms with Crippen molar-refractivity contribution >= 4 is 49.7 Å². The first-order chi connectivity index (χ1) is 20.9. The molecule has 0 amide bonds. The van der Waals surface area contributed by atoms with E-state index in [1.165, 1.54) is 64.1 Å². The summed E-state index contributed by atoms with van der Waals surface area (Å²) in [6.45, 7) is 7.03. The fourth-order valence-corrected chi connectivity index (χ4v) is 8.25. The molecule has 43 heavy (non-hydrogen) atoms. The normalized spacial score (nSPS) is 16.0. The number of benzene rings is 2. The fourth-order valence-electron chi connectivity index (χ4n) is 7.12. The van der Waals surface area contributed by atoms with Gasteiger partial charge in [-0.15, -0.1) is 11.3 Å². The summed E-state index contributed by atoms with van der Waals surface area (Å²) in [4.78, 5) is 22.3. The van der Waals surface area contributed by atoms with E-state index in [2.05, 4.69) is 84.9 Å². The van der Waals surface area contributed by atoms with Crippen molar-refractivity contribution in [3.8, 4) is 11.3 Å². The number of nitrogens with zero attached hydrogens (tertiary/aromatic N) is 3. The number of aliphatic imine (C=N–C) groups is 1. The Labute approximate surface area is 256 Å². The smallest absolute Gasteiger partial charge is 0.345 e. The van der Waals surface area contributed by atoms with Gasteiger partial charge in [0.15, 0.2) is 0 Å². The highest BCUT2D eigenvalue weighted by Gasteiger charge is 2.29. The van der Waals surface area contributed by atoms with E-state index in [1.54, 1.807) is 0 Å². The zero-order chi connectivity index (χ0) is 29.7. The molecule has 1 N–H and O–H groups in total. The lowest BCUT2D eigenvalue weighted by Crippen LogP contribution is -2.08. The molecule has 1 saturated carbocycles. The first-order valence-corrected chi connectivity index (χ1v) is 16.3. The van der Waals surface area contributed by atoms with Crippen LogP contribution in [0.3, 0.4) is 0 Å². The summed E-state index contributed by atoms with van der Waals surface area (Å²) in [6.07, 6.45) is 7.84. The van der Waals surface area contributed by atoms with Gasteiger partial charge in [0.05, 0.1) is 27.1 Å². The number of fused-ring (bicyclic) bond motifs is 2. The number of aromatic nitrogens is 2. The lowest BCUT2D eigenvalue weighted by molar-refractivity contribution is 0.0702. The Morgan fingerprint density at radius 1 is 1.00 bits per heavy atom. The first-order valence-electron chi connectivity index (χ1n) is 15.5. The predicted octanol–water partition coefficient (Wildman–Crippen LogP) is 9.87. The number of hydrogen-bond donors (Lipinski definition) is 1. The van der Waals surface area contributed by atoms with Gasteiger partial charge >= 0.3 is 5.97 Å². The molecule has 1 aliphatic heterocycles. The molecule has 5 aromatic rings. The van der Waals surface area contributed by atoms with Crippen LogP contribution in [0.1, 0.15) is 97.3 Å². The van der Waals surface area contributed by atoms with Gasteiger partial charge in [-0.2, -0.15) is 0 Å². The van der Waals surface area contributed by atoms with Crippen LogP contribution in [0.4, 0.5) is 0 Å². The van der Waals surface area contributed by atoms with Crippen molar-refractivity contribution in [2.75, 3.05) is 0 Å². The van der Waals surface area contributed by atoms with Crippen LogP contribution in [0.15, 0.2) is 71.4 Å². The van der Waals surface area contributed by atoms with Gasteiger partial charge in [-0.05, 0) is 85.5 Å². The average molecular weight is 588 g/mol. The number of carboxylic acids is 1. The lowest BCUT2D eigenvalue weighted by Gasteiger charge is -2.24. The predicted molar refractivity (Wildman–Crippen MR) is 179 cm³/mol. The molecule has 7 rings (SSSR count). The number of carboxylic acid groups (broad SMARTS) is 1. The van der Waals surface area contributed by atoms with Crippen molar-refractivity contribution in [1.29, 1.82) is 0 Å². The molecule has 2 aromatic carbocycles. The van der Waals surface area contributed by atoms with Crippen molar-refractivity contribution in [3.05, 3.63) is 93.6 Å². The molecule has 4 heterocycles. The first kappa shape index (κ1) is 27.8. The van der Waals surface area contributed by atoms with Gasteiger partial charge in [-0.1, -0.05) is 62.6 Å². The van der Waals surface area contributed by atoms with Crippen LogP contribution in [0, 0.1) is 0 Å². The maximum atomic E-state index is 12.2. The van der Waals surface area contributed by atoms with Crippen LogP contribution in [-0.4, -0.2) is 26.3 Å². The Hall–Kier alpha value is -4.03. The van der Waals surface area contributed by atoms with Gasteiger partial charge in [0, 0.05) is 35.3 Å². The van der Waals surface area contributed by atoms with Gasteiger partial charge in [-0.25, -0.2) is 9.78 Å². The molecule has 2 aliphatic rings. The molecule has 0 saturated heterocycles. The van der Waals surface area contributed by atoms with Crippen molar-refractivity contribution in [2.45, 2.75) is 78.2 Å². The Balaban J connectivity index is 1.41. The molecular weight excluding hydrogens is 550 g/mol. The third kappa shape index (κ3) is 5.12. The van der Waals surface area contributed by atoms with E-state index in [0.29, 0.717) is 17.3 Å². The third-order valence-corrected chi connectivity index (χ3v) is 10.4. The molecule has 1 fully saturated rings. The zero-order valence-corrected chi connectivity index (χ0v) is 25.9. The molecule has 0 atom stereocenters. The minimum Gasteiger partial charge on any atom is -0.477 e. The third-order valence-electron chi connectivity index (χ3n) is 9.24. The number of allylic oxidation sites excluding steroid dienone is 2. The van der Waals surface area contributed by atoms with Crippen molar-refractivity contribution in [3.63, 3.8) is 0 Å². The summed E-state index contributed by atoms with van der Waals surface area (Å²) in [5.41, 5.74) is 12.7. The summed E-state index contributed by atoms with van der Waals surface area (Å²) in [7, 11) is 0. The highest BCUT2D eigenvalue weighted by Crippen LogP contribution is 2.47. The topological polar surface area (TPSA) is 67.5 Å². The van der Waals surface area contributed by atoms with Gasteiger partial charge in [0.25, 0.3) is 0 Å². The second kappa shape index (κ2) is 11.2. The fraction of sp³-hybridized carbons (Fsp3) is 0.324. The maximum absolute atomic E-state index is 12.2. The molecule has 0 radical (unpaired) electrons. The van der Waals surface area contributed by atoms with Crippen LogP contribution >= 0.6 is 11.3 Å². The second-order valence-electron chi connectivity index (χ2n) is 12.2. The minimum absolute atomic E-state index is 0.413. The molecule has 5 nitrogen and oxygen atoms in total. The van der Waals surface area contributed by atoms with Crippen LogP contribution in [0.25, 0.3) is 38.0 Å². The monoisotopic (exact) mass is 587 g/mol. The van der Waals surface area contributed by atoms with Crippen LogP contribution < -0.4 is 0 Å². The molecule has 0 bridgehead atoms. The SMILES string of the molecule is CCc1cccc(Cn2c(-c3ccc4nc(C5=C(C)N=C(C)C5)ccc4c3)c(C3CCCCC3)c3sc(C(=O)O)cc32)c1. The Morgan fingerprint density at radius 2 is 1.81 bits per heavy atom. The van der Waals surface area contributed by atoms with Gasteiger partial charge in [-0.3, -0.25) is 4.99 Å². The van der Waals surface area contributed by atoms with Crippen molar-refractivity contribution in [2.24, 2.45) is 4.99 Å². The number of carbonyl (C=O) groups is 1. The largest absolute Gasteiger partial charge is 0.477 e. The Morgan fingerprint density at radius 3 is 2.56 bits per heavy atom. The van der Waals surface area contributed by atoms with E-state index in [1.807, 2.05) is 6.07 Å². The molecule has 0 spiro atoms. The second-order valence-corrected chi connectivity index (χ2v) is 13.2. The number of hydrogen-bond acceptors (Lipinski definition) is 4. The molecule has 218 valence electrons. The Bertz CT molecular complexity index is 1950. The number of aromatic carboxylic acids is 1. The molecule has 6 heteroatoms. The summed E-state index contributed by atoms with van der Waals surface area (Å²) in [5.74, 6) is -0.427. The quantitative estimate of drug-likeness (QED) is 0.206. The van der Waals surface area contributed by atoms with Gasteiger partial charge in [0.2, 0.25) is 0 Å². The van der Waals surface area contributed by atoms with Crippen LogP contribution in [-0.2, 0) is 13.0 Å². The summed E-state index contributed by atoms with van der Waals surface area (Å²) in [5, 5.41) is 11.1. The van der Waals surface area contributed by atoms with E-state index in [0.717, 1.165) is 63.9 Å². The minimum atomic E-state index is -0.849. The van der Waals surface area contributed by atoms with E-state index in [9.17, 15) is 9.90 Å². The zero-order valence-electron chi connectivity index (χ0n) is 25.1. The van der Waals surface area contributed by atoms with Gasteiger partial charge < -0.3 is 9.67 Å². The van der Waals surface area contributed by atoms with E-state index < -0.39 is 5.97 Å². The standard InChI is InChI=1S/C37H37N3O2S/c1-4-24-9-8-10-25(18-24)21-40-32-20-33(37(41)42)43-36(32)34(26-11-6-5-7-12-26)35(40)28-14-15-30-27(19-28)13-16-31(39-30)29-17-22(2)38-23(29)3/h8-10,13-16,18-20,26H,4-7,11-12,17,21H2,1-3H3,(H,41,42). The summed E-state index contributed by atoms with van der Waals surface area (Å²) >= 11 is 1.44. The highest BCUT2D eigenvalue weighted by atomic mass is 32.1. The maximum Gasteiger partial charge on any atom is 0.345 e. The molecular formula is C37H37N3O2S. The van der Waals surface area contributed by atoms with E-state index in [4.69, 9.17) is 4.98 Å². The van der Waals surface area contributed by atoms with Crippen molar-refractivity contribution in [1.82, 2.24) is 9.55 Å². The molecule has 0 unspecified atom stereocenters. The summed E-state index contributed by atoms with van der Waals surface area (Å²) in [6, 6.07) is 21.7. The van der Waals surface area contributed by atoms with Gasteiger partial charge in [0.1, 0.15) is 4.88 Å². The average Bonchev–Trinajstić information content (AvgIpc) is 3.69. The molecule has 3 aromatic heterocycles. The Kier molecular flexibility index (Phi) is 7.26.